The Bertz CT molecular complexity index is 694. The molecule has 1 aromatic heterocycles. The molecule has 0 radical (unpaired) electrons. The number of nitrogens with zero attached hydrogens (tertiary/aromatic N) is 1. The highest BCUT2D eigenvalue weighted by Crippen LogP contribution is 2.36. The molecule has 0 N–H and O–H groups in total. The molecular weight excluding hydrogens is 380 g/mol. The predicted molar refractivity (Wildman–Crippen MR) is 86.7 cm³/mol. The molecule has 0 aliphatic heterocycles. The normalized spacial score (nSPS) is 12.0. The Morgan fingerprint density at radius 2 is 2.14 bits per heavy atom. The van der Waals surface area contributed by atoms with Crippen LogP contribution in [0.15, 0.2) is 41.5 Å². The Morgan fingerprint density at radius 3 is 2.81 bits per heavy atom. The van der Waals surface area contributed by atoms with Crippen molar-refractivity contribution in [3.63, 3.8) is 0 Å². The fraction of sp³-hybridized carbons (Fsp3) is 0.133. The average molecular weight is 391 g/mol. The third-order valence-corrected chi connectivity index (χ3v) is 3.99. The highest BCUT2D eigenvalue weighted by molar-refractivity contribution is 9.10. The Kier molecular flexibility index (Phi) is 5.25. The van der Waals surface area contributed by atoms with Gasteiger partial charge in [0.05, 0.1) is 10.7 Å². The zero-order chi connectivity index (χ0) is 15.6. The monoisotopic (exact) mass is 389 g/mol. The molecule has 2 nitrogen and oxygen atoms in total. The van der Waals surface area contributed by atoms with Crippen LogP contribution in [-0.2, 0) is 0 Å². The molecule has 110 valence electrons. The zero-order valence-corrected chi connectivity index (χ0v) is 14.1. The van der Waals surface area contributed by atoms with Crippen molar-refractivity contribution in [3.8, 4) is 5.75 Å². The minimum Gasteiger partial charge on any atom is -0.480 e. The summed E-state index contributed by atoms with van der Waals surface area (Å²) < 4.78 is 20.2. The summed E-state index contributed by atoms with van der Waals surface area (Å²) in [6.45, 7) is 5.50. The van der Waals surface area contributed by atoms with Crippen molar-refractivity contribution in [3.05, 3.63) is 68.6 Å². The van der Waals surface area contributed by atoms with E-state index in [0.717, 1.165) is 4.47 Å². The molecule has 0 bridgehead atoms. The quantitative estimate of drug-likeness (QED) is 0.478. The van der Waals surface area contributed by atoms with Crippen LogP contribution < -0.4 is 4.74 Å². The molecule has 0 spiro atoms. The lowest BCUT2D eigenvalue weighted by atomic mass is 10.1. The van der Waals surface area contributed by atoms with Gasteiger partial charge >= 0.3 is 0 Å². The summed E-state index contributed by atoms with van der Waals surface area (Å²) in [5.41, 5.74) is 1.03. The van der Waals surface area contributed by atoms with E-state index in [1.165, 1.54) is 18.2 Å². The van der Waals surface area contributed by atoms with Crippen LogP contribution in [0.3, 0.4) is 0 Å². The van der Waals surface area contributed by atoms with E-state index in [4.69, 9.17) is 27.9 Å². The van der Waals surface area contributed by atoms with Crippen molar-refractivity contribution in [2.24, 2.45) is 0 Å². The highest BCUT2D eigenvalue weighted by Gasteiger charge is 2.20. The number of halogens is 4. The third kappa shape index (κ3) is 3.57. The zero-order valence-electron chi connectivity index (χ0n) is 11.0. The summed E-state index contributed by atoms with van der Waals surface area (Å²) in [6.07, 6.45) is 2.48. The summed E-state index contributed by atoms with van der Waals surface area (Å²) in [5.74, 6) is -0.0266. The first-order chi connectivity index (χ1) is 9.93. The fourth-order valence-electron chi connectivity index (χ4n) is 1.77. The molecule has 21 heavy (non-hydrogen) atoms. The SMILES string of the molecule is C=CC(Oc1cc(Br)cnc1C)c1c(Cl)ccc(F)c1Cl. The molecule has 1 aromatic carbocycles. The Morgan fingerprint density at radius 1 is 1.43 bits per heavy atom. The maximum atomic E-state index is 13.6. The lowest BCUT2D eigenvalue weighted by Gasteiger charge is -2.19. The van der Waals surface area contributed by atoms with Gasteiger partial charge in [-0.25, -0.2) is 4.39 Å². The van der Waals surface area contributed by atoms with Gasteiger partial charge in [0.2, 0.25) is 0 Å². The summed E-state index contributed by atoms with van der Waals surface area (Å²) in [6, 6.07) is 4.41. The van der Waals surface area contributed by atoms with E-state index in [2.05, 4.69) is 27.5 Å². The molecule has 0 aliphatic rings. The van der Waals surface area contributed by atoms with Crippen molar-refractivity contribution in [2.75, 3.05) is 0 Å². The molecule has 2 rings (SSSR count). The second kappa shape index (κ2) is 6.77. The Labute approximate surface area is 140 Å². The van der Waals surface area contributed by atoms with E-state index in [0.29, 0.717) is 22.0 Å². The summed E-state index contributed by atoms with van der Waals surface area (Å²) in [4.78, 5) is 4.18. The van der Waals surface area contributed by atoms with Crippen molar-refractivity contribution in [1.82, 2.24) is 4.98 Å². The van der Waals surface area contributed by atoms with Gasteiger partial charge in [-0.1, -0.05) is 29.8 Å². The lowest BCUT2D eigenvalue weighted by Crippen LogP contribution is -2.08. The van der Waals surface area contributed by atoms with Crippen LogP contribution in [0.1, 0.15) is 17.4 Å². The van der Waals surface area contributed by atoms with Crippen molar-refractivity contribution < 1.29 is 9.13 Å². The van der Waals surface area contributed by atoms with Crippen LogP contribution in [0.2, 0.25) is 10.0 Å². The number of benzene rings is 1. The van der Waals surface area contributed by atoms with Gasteiger partial charge in [-0.3, -0.25) is 4.98 Å². The molecule has 0 aliphatic carbocycles. The first-order valence-corrected chi connectivity index (χ1v) is 7.53. The van der Waals surface area contributed by atoms with Crippen molar-refractivity contribution >= 4 is 39.1 Å². The first-order valence-electron chi connectivity index (χ1n) is 5.98. The van der Waals surface area contributed by atoms with E-state index in [1.54, 1.807) is 19.2 Å². The highest BCUT2D eigenvalue weighted by atomic mass is 79.9. The molecule has 1 atom stereocenters. The molecular formula is C15H11BrCl2FNO. The van der Waals surface area contributed by atoms with Gasteiger partial charge in [0, 0.05) is 21.3 Å². The van der Waals surface area contributed by atoms with Crippen molar-refractivity contribution in [1.29, 1.82) is 0 Å². The van der Waals surface area contributed by atoms with Gasteiger partial charge < -0.3 is 4.74 Å². The smallest absolute Gasteiger partial charge is 0.145 e. The lowest BCUT2D eigenvalue weighted by molar-refractivity contribution is 0.252. The molecule has 0 amide bonds. The first kappa shape index (κ1) is 16.3. The molecule has 6 heteroatoms. The van der Waals surface area contributed by atoms with E-state index in [9.17, 15) is 4.39 Å². The van der Waals surface area contributed by atoms with Crippen LogP contribution in [0, 0.1) is 12.7 Å². The summed E-state index contributed by atoms with van der Waals surface area (Å²) in [7, 11) is 0. The van der Waals surface area contributed by atoms with Gasteiger partial charge in [0.25, 0.3) is 0 Å². The molecule has 2 aromatic rings. The largest absolute Gasteiger partial charge is 0.480 e. The maximum absolute atomic E-state index is 13.6. The second-order valence-corrected chi connectivity index (χ2v) is 5.97. The fourth-order valence-corrected chi connectivity index (χ4v) is 2.67. The number of hydrogen-bond acceptors (Lipinski definition) is 2. The third-order valence-electron chi connectivity index (χ3n) is 2.84. The predicted octanol–water partition coefficient (Wildman–Crippen LogP) is 5.90. The molecule has 0 fully saturated rings. The van der Waals surface area contributed by atoms with E-state index in [-0.39, 0.29) is 5.02 Å². The average Bonchev–Trinajstić information content (AvgIpc) is 2.45. The number of aryl methyl sites for hydroxylation is 1. The summed E-state index contributed by atoms with van der Waals surface area (Å²) in [5, 5.41) is 0.236. The van der Waals surface area contributed by atoms with E-state index >= 15 is 0 Å². The Balaban J connectivity index is 2.44. The number of aromatic nitrogens is 1. The minimum atomic E-state index is -0.685. The Hall–Kier alpha value is -1.10. The standard InChI is InChI=1S/C15H11BrCl2FNO/c1-3-12(14-10(17)4-5-11(19)15(14)18)21-13-6-9(16)7-20-8(13)2/h3-7,12H,1H2,2H3. The van der Waals surface area contributed by atoms with E-state index < -0.39 is 11.9 Å². The number of pyridine rings is 1. The van der Waals surface area contributed by atoms with Crippen LogP contribution in [0.25, 0.3) is 0 Å². The maximum Gasteiger partial charge on any atom is 0.145 e. The van der Waals surface area contributed by atoms with Crippen molar-refractivity contribution in [2.45, 2.75) is 13.0 Å². The molecule has 0 saturated carbocycles. The van der Waals surface area contributed by atoms with Crippen LogP contribution in [0.4, 0.5) is 4.39 Å². The topological polar surface area (TPSA) is 22.1 Å². The van der Waals surface area contributed by atoms with Gasteiger partial charge in [-0.05, 0) is 47.1 Å². The van der Waals surface area contributed by atoms with Gasteiger partial charge in [-0.15, -0.1) is 0 Å². The molecule has 1 heterocycles. The molecule has 0 saturated heterocycles. The van der Waals surface area contributed by atoms with Crippen LogP contribution >= 0.6 is 39.1 Å². The molecule has 1 unspecified atom stereocenters. The second-order valence-electron chi connectivity index (χ2n) is 4.27. The van der Waals surface area contributed by atoms with Crippen LogP contribution in [-0.4, -0.2) is 4.98 Å². The number of rotatable bonds is 4. The number of ether oxygens (including phenoxy) is 1. The minimum absolute atomic E-state index is 0.0759. The van der Waals surface area contributed by atoms with Crippen LogP contribution in [0.5, 0.6) is 5.75 Å². The van der Waals surface area contributed by atoms with Gasteiger partial charge in [-0.2, -0.15) is 0 Å². The number of hydrogen-bond donors (Lipinski definition) is 0. The summed E-state index contributed by atoms with van der Waals surface area (Å²) >= 11 is 15.4. The van der Waals surface area contributed by atoms with Gasteiger partial charge in [0.1, 0.15) is 17.7 Å². The van der Waals surface area contributed by atoms with E-state index in [1.807, 2.05) is 0 Å². The van der Waals surface area contributed by atoms with Gasteiger partial charge in [0.15, 0.2) is 0 Å².